The van der Waals surface area contributed by atoms with Gasteiger partial charge in [-0.05, 0) is 42.5 Å². The van der Waals surface area contributed by atoms with E-state index in [2.05, 4.69) is 10.0 Å². The van der Waals surface area contributed by atoms with Crippen molar-refractivity contribution >= 4 is 39.1 Å². The minimum Gasteiger partial charge on any atom is -0.325 e. The van der Waals surface area contributed by atoms with E-state index in [4.69, 9.17) is 5.26 Å². The Hall–Kier alpha value is -2.50. The molecule has 2 aromatic rings. The first kappa shape index (κ1) is 16.4. The second kappa shape index (κ2) is 6.55. The molecule has 6 nitrogen and oxygen atoms in total. The van der Waals surface area contributed by atoms with Gasteiger partial charge in [0.2, 0.25) is 5.91 Å². The van der Waals surface area contributed by atoms with Crippen molar-refractivity contribution in [2.24, 2.45) is 0 Å². The molecule has 0 unspecified atom stereocenters. The Morgan fingerprint density at radius 2 is 1.92 bits per heavy atom. The van der Waals surface area contributed by atoms with Crippen LogP contribution in [0.1, 0.15) is 12.0 Å². The quantitative estimate of drug-likeness (QED) is 0.878. The van der Waals surface area contributed by atoms with Gasteiger partial charge in [0.25, 0.3) is 10.0 Å². The molecular formula is C16H13N3O3S2. The number of sulfonamides is 1. The van der Waals surface area contributed by atoms with Crippen molar-refractivity contribution < 1.29 is 13.2 Å². The minimum absolute atomic E-state index is 0.0633. The molecule has 8 heteroatoms. The average Bonchev–Trinajstić information content (AvgIpc) is 2.75. The maximum Gasteiger partial charge on any atom is 0.261 e. The lowest BCUT2D eigenvalue weighted by Gasteiger charge is -2.11. The largest absolute Gasteiger partial charge is 0.325 e. The molecule has 24 heavy (non-hydrogen) atoms. The molecule has 0 atom stereocenters. The lowest BCUT2D eigenvalue weighted by Crippen LogP contribution is -2.14. The molecule has 0 aromatic heterocycles. The van der Waals surface area contributed by atoms with E-state index in [0.29, 0.717) is 29.1 Å². The fourth-order valence-corrected chi connectivity index (χ4v) is 4.21. The van der Waals surface area contributed by atoms with Crippen molar-refractivity contribution in [3.05, 3.63) is 48.0 Å². The van der Waals surface area contributed by atoms with Crippen molar-refractivity contribution in [2.75, 3.05) is 15.8 Å². The number of hydrogen-bond donors (Lipinski definition) is 2. The summed E-state index contributed by atoms with van der Waals surface area (Å²) in [7, 11) is -3.79. The molecule has 0 bridgehead atoms. The van der Waals surface area contributed by atoms with E-state index in [1.54, 1.807) is 6.07 Å². The van der Waals surface area contributed by atoms with E-state index >= 15 is 0 Å². The number of nitriles is 1. The number of amides is 1. The topological polar surface area (TPSA) is 99.1 Å². The van der Waals surface area contributed by atoms with Gasteiger partial charge in [-0.3, -0.25) is 9.52 Å². The summed E-state index contributed by atoms with van der Waals surface area (Å²) in [6, 6.07) is 12.7. The van der Waals surface area contributed by atoms with Gasteiger partial charge in [0.1, 0.15) is 0 Å². The Morgan fingerprint density at radius 1 is 1.17 bits per heavy atom. The monoisotopic (exact) mass is 359 g/mol. The zero-order valence-corrected chi connectivity index (χ0v) is 14.1. The van der Waals surface area contributed by atoms with Crippen molar-refractivity contribution in [1.29, 1.82) is 5.26 Å². The van der Waals surface area contributed by atoms with E-state index in [0.717, 1.165) is 4.90 Å². The number of nitrogens with zero attached hydrogens (tertiary/aromatic N) is 1. The van der Waals surface area contributed by atoms with Crippen molar-refractivity contribution in [3.8, 4) is 6.07 Å². The predicted molar refractivity (Wildman–Crippen MR) is 92.4 cm³/mol. The van der Waals surface area contributed by atoms with E-state index in [9.17, 15) is 13.2 Å². The van der Waals surface area contributed by atoms with Gasteiger partial charge in [0.05, 0.1) is 22.2 Å². The lowest BCUT2D eigenvalue weighted by molar-refractivity contribution is -0.115. The first-order valence-corrected chi connectivity index (χ1v) is 9.54. The van der Waals surface area contributed by atoms with Crippen LogP contribution in [0, 0.1) is 11.3 Å². The fourth-order valence-electron chi connectivity index (χ4n) is 2.19. The number of nitrogens with one attached hydrogen (secondary N) is 2. The van der Waals surface area contributed by atoms with Crippen LogP contribution in [0.25, 0.3) is 0 Å². The second-order valence-corrected chi connectivity index (χ2v) is 7.92. The Labute approximate surface area is 143 Å². The molecule has 0 saturated heterocycles. The summed E-state index contributed by atoms with van der Waals surface area (Å²) in [5, 5.41) is 11.5. The molecule has 122 valence electrons. The van der Waals surface area contributed by atoms with Gasteiger partial charge in [0.15, 0.2) is 0 Å². The molecule has 0 spiro atoms. The van der Waals surface area contributed by atoms with Gasteiger partial charge < -0.3 is 5.32 Å². The van der Waals surface area contributed by atoms with Crippen LogP contribution in [-0.2, 0) is 14.8 Å². The Balaban J connectivity index is 1.89. The molecule has 0 aliphatic carbocycles. The first-order chi connectivity index (χ1) is 11.5. The molecule has 1 aliphatic heterocycles. The molecule has 1 aliphatic rings. The average molecular weight is 359 g/mol. The second-order valence-electron chi connectivity index (χ2n) is 5.10. The molecule has 3 rings (SSSR count). The van der Waals surface area contributed by atoms with Gasteiger partial charge in [-0.25, -0.2) is 8.42 Å². The summed E-state index contributed by atoms with van der Waals surface area (Å²) >= 11 is 1.51. The summed E-state index contributed by atoms with van der Waals surface area (Å²) in [5.74, 6) is 0.532. The highest BCUT2D eigenvalue weighted by Gasteiger charge is 2.19. The molecule has 2 aromatic carbocycles. The molecule has 0 saturated carbocycles. The third kappa shape index (κ3) is 3.53. The van der Waals surface area contributed by atoms with Crippen LogP contribution in [-0.4, -0.2) is 20.1 Å². The van der Waals surface area contributed by atoms with Crippen molar-refractivity contribution in [1.82, 2.24) is 0 Å². The molecule has 1 heterocycles. The van der Waals surface area contributed by atoms with Gasteiger partial charge >= 0.3 is 0 Å². The van der Waals surface area contributed by atoms with E-state index in [1.165, 1.54) is 48.2 Å². The van der Waals surface area contributed by atoms with E-state index in [-0.39, 0.29) is 10.8 Å². The standard InChI is InChI=1S/C16H13N3O3S2/c17-10-11-1-3-12(4-2-11)19-24(21,22)13-5-6-15-14(9-13)18-16(20)7-8-23-15/h1-6,9,19H,7-8H2,(H,18,20). The smallest absolute Gasteiger partial charge is 0.261 e. The SMILES string of the molecule is N#Cc1ccc(NS(=O)(=O)c2ccc3c(c2)NC(=O)CCS3)cc1. The molecule has 1 amide bonds. The number of carbonyl (C=O) groups excluding carboxylic acids is 1. The maximum atomic E-state index is 12.5. The highest BCUT2D eigenvalue weighted by Crippen LogP contribution is 2.33. The van der Waals surface area contributed by atoms with Gasteiger partial charge in [-0.1, -0.05) is 0 Å². The number of benzene rings is 2. The van der Waals surface area contributed by atoms with Crippen molar-refractivity contribution in [2.45, 2.75) is 16.2 Å². The van der Waals surface area contributed by atoms with Gasteiger partial charge in [0, 0.05) is 22.8 Å². The number of hydrogen-bond acceptors (Lipinski definition) is 5. The van der Waals surface area contributed by atoms with Crippen LogP contribution < -0.4 is 10.0 Å². The minimum atomic E-state index is -3.79. The van der Waals surface area contributed by atoms with Crippen LogP contribution in [0.2, 0.25) is 0 Å². The maximum absolute atomic E-state index is 12.5. The van der Waals surface area contributed by atoms with Crippen LogP contribution in [0.4, 0.5) is 11.4 Å². The molecule has 0 radical (unpaired) electrons. The van der Waals surface area contributed by atoms with Crippen LogP contribution in [0.5, 0.6) is 0 Å². The van der Waals surface area contributed by atoms with Crippen molar-refractivity contribution in [3.63, 3.8) is 0 Å². The Kier molecular flexibility index (Phi) is 4.46. The fraction of sp³-hybridized carbons (Fsp3) is 0.125. The highest BCUT2D eigenvalue weighted by atomic mass is 32.2. The Bertz CT molecular complexity index is 932. The summed E-state index contributed by atoms with van der Waals surface area (Å²) in [6.07, 6.45) is 0.394. The number of carbonyl (C=O) groups is 1. The summed E-state index contributed by atoms with van der Waals surface area (Å²) in [5.41, 5.74) is 1.32. The summed E-state index contributed by atoms with van der Waals surface area (Å²) in [4.78, 5) is 12.6. The first-order valence-electron chi connectivity index (χ1n) is 7.08. The van der Waals surface area contributed by atoms with E-state index < -0.39 is 10.0 Å². The Morgan fingerprint density at radius 3 is 2.62 bits per heavy atom. The predicted octanol–water partition coefficient (Wildman–Crippen LogP) is 2.79. The number of anilines is 2. The van der Waals surface area contributed by atoms with Gasteiger partial charge in [-0.2, -0.15) is 5.26 Å². The lowest BCUT2D eigenvalue weighted by atomic mass is 10.2. The zero-order valence-electron chi connectivity index (χ0n) is 12.4. The normalized spacial score (nSPS) is 14.0. The molecule has 0 fully saturated rings. The van der Waals surface area contributed by atoms with E-state index in [1.807, 2.05) is 6.07 Å². The number of rotatable bonds is 3. The van der Waals surface area contributed by atoms with Crippen LogP contribution in [0.15, 0.2) is 52.3 Å². The highest BCUT2D eigenvalue weighted by molar-refractivity contribution is 7.99. The number of thioether (sulfide) groups is 1. The summed E-state index contributed by atoms with van der Waals surface area (Å²) in [6.45, 7) is 0. The molecule has 2 N–H and O–H groups in total. The number of fused-ring (bicyclic) bond motifs is 1. The van der Waals surface area contributed by atoms with Crippen LogP contribution >= 0.6 is 11.8 Å². The van der Waals surface area contributed by atoms with Gasteiger partial charge in [-0.15, -0.1) is 11.8 Å². The molecular weight excluding hydrogens is 346 g/mol. The zero-order chi connectivity index (χ0) is 17.2. The third-order valence-corrected chi connectivity index (χ3v) is 5.84. The van der Waals surface area contributed by atoms with Crippen LogP contribution in [0.3, 0.4) is 0 Å². The summed E-state index contributed by atoms with van der Waals surface area (Å²) < 4.78 is 27.5. The third-order valence-electron chi connectivity index (χ3n) is 3.39.